The van der Waals surface area contributed by atoms with Crippen molar-refractivity contribution in [2.75, 3.05) is 20.6 Å². The molecule has 0 aliphatic heterocycles. The molecule has 0 radical (unpaired) electrons. The molecule has 0 heterocycles. The van der Waals surface area contributed by atoms with Gasteiger partial charge in [-0.3, -0.25) is 0 Å². The van der Waals surface area contributed by atoms with E-state index < -0.39 is 6.10 Å². The van der Waals surface area contributed by atoms with Gasteiger partial charge < -0.3 is 10.0 Å². The summed E-state index contributed by atoms with van der Waals surface area (Å²) >= 11 is 5.97. The molecule has 1 N–H and O–H groups in total. The molecule has 0 saturated heterocycles. The predicted octanol–water partition coefficient (Wildman–Crippen LogP) is 2.24. The summed E-state index contributed by atoms with van der Waals surface area (Å²) < 4.78 is 0. The van der Waals surface area contributed by atoms with Gasteiger partial charge in [0.1, 0.15) is 0 Å². The van der Waals surface area contributed by atoms with Gasteiger partial charge in [-0.1, -0.05) is 23.7 Å². The summed E-state index contributed by atoms with van der Waals surface area (Å²) in [7, 11) is 3.86. The van der Waals surface area contributed by atoms with Crippen molar-refractivity contribution in [2.24, 2.45) is 0 Å². The van der Waals surface area contributed by atoms with Crippen LogP contribution in [0.3, 0.4) is 0 Å². The Hall–Kier alpha value is -0.570. The van der Waals surface area contributed by atoms with Crippen LogP contribution in [0.4, 0.5) is 0 Å². The molecule has 3 heteroatoms. The van der Waals surface area contributed by atoms with E-state index in [4.69, 9.17) is 11.6 Å². The number of rotatable bonds is 3. The molecule has 0 saturated carbocycles. The summed E-state index contributed by atoms with van der Waals surface area (Å²) in [6, 6.07) is 5.66. The SMILES string of the molecule is Cc1ccc(C(O)CN(C)C)cc1Cl. The number of aliphatic hydroxyl groups excluding tert-OH is 1. The van der Waals surface area contributed by atoms with Crippen LogP contribution in [-0.4, -0.2) is 30.6 Å². The minimum Gasteiger partial charge on any atom is -0.387 e. The number of nitrogens with zero attached hydrogens (tertiary/aromatic N) is 1. The van der Waals surface area contributed by atoms with Gasteiger partial charge in [-0.05, 0) is 38.2 Å². The van der Waals surface area contributed by atoms with Crippen molar-refractivity contribution < 1.29 is 5.11 Å². The molecule has 0 aliphatic rings. The molecule has 78 valence electrons. The Bertz CT molecular complexity index is 312. The fourth-order valence-electron chi connectivity index (χ4n) is 1.27. The van der Waals surface area contributed by atoms with Crippen LogP contribution in [0.2, 0.25) is 5.02 Å². The van der Waals surface area contributed by atoms with Crippen LogP contribution in [0.25, 0.3) is 0 Å². The maximum atomic E-state index is 9.81. The molecule has 0 spiro atoms. The van der Waals surface area contributed by atoms with E-state index in [0.29, 0.717) is 11.6 Å². The van der Waals surface area contributed by atoms with E-state index in [9.17, 15) is 5.11 Å². The standard InChI is InChI=1S/C11H16ClNO/c1-8-4-5-9(6-10(8)12)11(14)7-13(2)3/h4-6,11,14H,7H2,1-3H3. The zero-order valence-corrected chi connectivity index (χ0v) is 9.54. The number of benzene rings is 1. The number of halogens is 1. The van der Waals surface area contributed by atoms with Crippen LogP contribution in [0.1, 0.15) is 17.2 Å². The van der Waals surface area contributed by atoms with Crippen molar-refractivity contribution in [3.63, 3.8) is 0 Å². The highest BCUT2D eigenvalue weighted by Crippen LogP contribution is 2.21. The van der Waals surface area contributed by atoms with Crippen molar-refractivity contribution in [2.45, 2.75) is 13.0 Å². The second-order valence-electron chi connectivity index (χ2n) is 3.79. The lowest BCUT2D eigenvalue weighted by atomic mass is 10.1. The number of aliphatic hydroxyl groups is 1. The lowest BCUT2D eigenvalue weighted by Crippen LogP contribution is -2.19. The predicted molar refractivity (Wildman–Crippen MR) is 59.7 cm³/mol. The Kier molecular flexibility index (Phi) is 3.93. The third-order valence-corrected chi connectivity index (χ3v) is 2.53. The molecule has 14 heavy (non-hydrogen) atoms. The summed E-state index contributed by atoms with van der Waals surface area (Å²) in [5, 5.41) is 10.5. The second kappa shape index (κ2) is 4.78. The first-order chi connectivity index (χ1) is 6.50. The summed E-state index contributed by atoms with van der Waals surface area (Å²) in [5.41, 5.74) is 1.90. The monoisotopic (exact) mass is 213 g/mol. The molecule has 1 aromatic carbocycles. The highest BCUT2D eigenvalue weighted by molar-refractivity contribution is 6.31. The first-order valence-corrected chi connectivity index (χ1v) is 4.97. The minimum absolute atomic E-state index is 0.469. The Morgan fingerprint density at radius 2 is 2.07 bits per heavy atom. The van der Waals surface area contributed by atoms with E-state index in [2.05, 4.69) is 0 Å². The third kappa shape index (κ3) is 2.98. The van der Waals surface area contributed by atoms with Gasteiger partial charge in [0, 0.05) is 11.6 Å². The lowest BCUT2D eigenvalue weighted by molar-refractivity contribution is 0.138. The summed E-state index contributed by atoms with van der Waals surface area (Å²) in [5.74, 6) is 0. The van der Waals surface area contributed by atoms with Gasteiger partial charge in [0.05, 0.1) is 6.10 Å². The second-order valence-corrected chi connectivity index (χ2v) is 4.19. The number of aryl methyl sites for hydroxylation is 1. The Morgan fingerprint density at radius 3 is 2.57 bits per heavy atom. The van der Waals surface area contributed by atoms with E-state index in [0.717, 1.165) is 11.1 Å². The number of likely N-dealkylation sites (N-methyl/N-ethyl adjacent to an activating group) is 1. The first kappa shape index (κ1) is 11.5. The molecule has 1 aromatic rings. The topological polar surface area (TPSA) is 23.5 Å². The van der Waals surface area contributed by atoms with E-state index in [-0.39, 0.29) is 0 Å². The maximum Gasteiger partial charge on any atom is 0.0917 e. The molecular formula is C11H16ClNO. The van der Waals surface area contributed by atoms with Crippen LogP contribution >= 0.6 is 11.6 Å². The zero-order valence-electron chi connectivity index (χ0n) is 8.79. The summed E-state index contributed by atoms with van der Waals surface area (Å²) in [4.78, 5) is 1.94. The van der Waals surface area contributed by atoms with Crippen molar-refractivity contribution in [1.29, 1.82) is 0 Å². The average molecular weight is 214 g/mol. The molecule has 1 unspecified atom stereocenters. The molecule has 1 rings (SSSR count). The van der Waals surface area contributed by atoms with Crippen LogP contribution < -0.4 is 0 Å². The molecule has 2 nitrogen and oxygen atoms in total. The number of hydrogen-bond donors (Lipinski definition) is 1. The molecule has 0 fully saturated rings. The molecule has 0 bridgehead atoms. The Balaban J connectivity index is 2.80. The van der Waals surface area contributed by atoms with E-state index in [1.165, 1.54) is 0 Å². The van der Waals surface area contributed by atoms with Crippen molar-refractivity contribution >= 4 is 11.6 Å². The Morgan fingerprint density at radius 1 is 1.43 bits per heavy atom. The maximum absolute atomic E-state index is 9.81. The normalized spacial score (nSPS) is 13.3. The average Bonchev–Trinajstić information content (AvgIpc) is 2.08. The van der Waals surface area contributed by atoms with Gasteiger partial charge in [0.2, 0.25) is 0 Å². The van der Waals surface area contributed by atoms with E-state index >= 15 is 0 Å². The van der Waals surface area contributed by atoms with Gasteiger partial charge in [-0.15, -0.1) is 0 Å². The Labute approximate surface area is 90.1 Å². The quantitative estimate of drug-likeness (QED) is 0.833. The summed E-state index contributed by atoms with van der Waals surface area (Å²) in [6.07, 6.45) is -0.469. The zero-order chi connectivity index (χ0) is 10.7. The van der Waals surface area contributed by atoms with Crippen LogP contribution in [-0.2, 0) is 0 Å². The lowest BCUT2D eigenvalue weighted by Gasteiger charge is -2.16. The van der Waals surface area contributed by atoms with Gasteiger partial charge in [0.25, 0.3) is 0 Å². The van der Waals surface area contributed by atoms with Crippen molar-refractivity contribution in [3.05, 3.63) is 34.3 Å². The minimum atomic E-state index is -0.469. The van der Waals surface area contributed by atoms with Gasteiger partial charge >= 0.3 is 0 Å². The summed E-state index contributed by atoms with van der Waals surface area (Å²) in [6.45, 7) is 2.56. The fraction of sp³-hybridized carbons (Fsp3) is 0.455. The smallest absolute Gasteiger partial charge is 0.0917 e. The van der Waals surface area contributed by atoms with Gasteiger partial charge in [-0.25, -0.2) is 0 Å². The molecule has 0 aliphatic carbocycles. The molecular weight excluding hydrogens is 198 g/mol. The molecule has 1 atom stereocenters. The molecule has 0 amide bonds. The largest absolute Gasteiger partial charge is 0.387 e. The van der Waals surface area contributed by atoms with Crippen LogP contribution in [0.5, 0.6) is 0 Å². The van der Waals surface area contributed by atoms with E-state index in [1.807, 2.05) is 44.1 Å². The third-order valence-electron chi connectivity index (χ3n) is 2.12. The first-order valence-electron chi connectivity index (χ1n) is 4.59. The van der Waals surface area contributed by atoms with Crippen molar-refractivity contribution in [1.82, 2.24) is 4.90 Å². The highest BCUT2D eigenvalue weighted by Gasteiger charge is 2.09. The van der Waals surface area contributed by atoms with Crippen LogP contribution in [0, 0.1) is 6.92 Å². The molecule has 0 aromatic heterocycles. The van der Waals surface area contributed by atoms with Gasteiger partial charge in [-0.2, -0.15) is 0 Å². The fourth-order valence-corrected chi connectivity index (χ4v) is 1.46. The number of hydrogen-bond acceptors (Lipinski definition) is 2. The van der Waals surface area contributed by atoms with Crippen molar-refractivity contribution in [3.8, 4) is 0 Å². The van der Waals surface area contributed by atoms with Crippen LogP contribution in [0.15, 0.2) is 18.2 Å². The van der Waals surface area contributed by atoms with E-state index in [1.54, 1.807) is 0 Å². The highest BCUT2D eigenvalue weighted by atomic mass is 35.5. The van der Waals surface area contributed by atoms with Gasteiger partial charge in [0.15, 0.2) is 0 Å².